The molecule has 112 valence electrons. The Kier molecular flexibility index (Phi) is 6.51. The smallest absolute Gasteiger partial charge is 0.0480 e. The second-order valence-corrected chi connectivity index (χ2v) is 5.50. The van der Waals surface area contributed by atoms with E-state index in [2.05, 4.69) is 48.3 Å². The third-order valence-electron chi connectivity index (χ3n) is 4.21. The molecule has 0 amide bonds. The summed E-state index contributed by atoms with van der Waals surface area (Å²) in [5, 5.41) is 3.69. The first-order valence-electron chi connectivity index (χ1n) is 7.93. The second-order valence-electron chi connectivity index (χ2n) is 5.50. The fourth-order valence-electron chi connectivity index (χ4n) is 2.73. The first kappa shape index (κ1) is 15.5. The van der Waals surface area contributed by atoms with E-state index in [0.29, 0.717) is 6.04 Å². The number of ether oxygens (including phenoxy) is 1. The number of rotatable bonds is 7. The largest absolute Gasteiger partial charge is 0.381 e. The zero-order valence-corrected chi connectivity index (χ0v) is 12.9. The van der Waals surface area contributed by atoms with Crippen LogP contribution in [0.15, 0.2) is 24.3 Å². The molecule has 0 atom stereocenters. The van der Waals surface area contributed by atoms with Crippen molar-refractivity contribution in [3.05, 3.63) is 35.4 Å². The van der Waals surface area contributed by atoms with Gasteiger partial charge in [0.05, 0.1) is 0 Å². The molecule has 20 heavy (non-hydrogen) atoms. The maximum absolute atomic E-state index is 5.41. The van der Waals surface area contributed by atoms with Crippen molar-refractivity contribution in [2.75, 3.05) is 26.3 Å². The number of nitrogens with one attached hydrogen (secondary N) is 1. The number of benzene rings is 1. The summed E-state index contributed by atoms with van der Waals surface area (Å²) in [6.45, 7) is 10.5. The highest BCUT2D eigenvalue weighted by atomic mass is 16.5. The molecule has 1 aliphatic heterocycles. The van der Waals surface area contributed by atoms with Crippen LogP contribution in [-0.4, -0.2) is 37.2 Å². The highest BCUT2D eigenvalue weighted by Gasteiger charge is 2.13. The molecule has 3 nitrogen and oxygen atoms in total. The Labute approximate surface area is 123 Å². The van der Waals surface area contributed by atoms with Crippen LogP contribution in [0.1, 0.15) is 37.8 Å². The van der Waals surface area contributed by atoms with Crippen LogP contribution in [0.3, 0.4) is 0 Å². The van der Waals surface area contributed by atoms with Gasteiger partial charge in [-0.05, 0) is 37.1 Å². The van der Waals surface area contributed by atoms with Crippen LogP contribution in [0.4, 0.5) is 0 Å². The van der Waals surface area contributed by atoms with Crippen molar-refractivity contribution >= 4 is 0 Å². The van der Waals surface area contributed by atoms with Crippen molar-refractivity contribution in [2.45, 2.75) is 45.8 Å². The van der Waals surface area contributed by atoms with E-state index in [9.17, 15) is 0 Å². The first-order valence-corrected chi connectivity index (χ1v) is 7.93. The van der Waals surface area contributed by atoms with Gasteiger partial charge in [-0.3, -0.25) is 4.90 Å². The van der Waals surface area contributed by atoms with Gasteiger partial charge >= 0.3 is 0 Å². The zero-order valence-electron chi connectivity index (χ0n) is 12.9. The van der Waals surface area contributed by atoms with Gasteiger partial charge < -0.3 is 10.1 Å². The molecule has 0 aliphatic carbocycles. The quantitative estimate of drug-likeness (QED) is 0.829. The molecule has 1 saturated heterocycles. The van der Waals surface area contributed by atoms with Gasteiger partial charge in [-0.25, -0.2) is 0 Å². The highest BCUT2D eigenvalue weighted by molar-refractivity contribution is 5.27. The highest BCUT2D eigenvalue weighted by Crippen LogP contribution is 2.13. The normalized spacial score (nSPS) is 16.8. The predicted octanol–water partition coefficient (Wildman–Crippen LogP) is 2.80. The van der Waals surface area contributed by atoms with Crippen LogP contribution in [-0.2, 0) is 17.8 Å². The van der Waals surface area contributed by atoms with Gasteiger partial charge in [-0.15, -0.1) is 0 Å². The lowest BCUT2D eigenvalue weighted by Gasteiger charge is -2.25. The minimum atomic E-state index is 0.616. The van der Waals surface area contributed by atoms with Gasteiger partial charge in [0.2, 0.25) is 0 Å². The summed E-state index contributed by atoms with van der Waals surface area (Å²) < 4.78 is 5.41. The maximum atomic E-state index is 5.41. The van der Waals surface area contributed by atoms with E-state index in [1.54, 1.807) is 0 Å². The van der Waals surface area contributed by atoms with Crippen LogP contribution in [0.5, 0.6) is 0 Å². The summed E-state index contributed by atoms with van der Waals surface area (Å²) in [7, 11) is 0. The molecule has 1 aromatic carbocycles. The molecule has 3 heteroatoms. The monoisotopic (exact) mass is 276 g/mol. The summed E-state index contributed by atoms with van der Waals surface area (Å²) in [5.41, 5.74) is 2.89. The molecule has 0 saturated carbocycles. The van der Waals surface area contributed by atoms with Gasteiger partial charge in [0.25, 0.3) is 0 Å². The van der Waals surface area contributed by atoms with Crippen molar-refractivity contribution in [1.29, 1.82) is 0 Å². The van der Waals surface area contributed by atoms with Crippen LogP contribution in [0.2, 0.25) is 0 Å². The molecule has 0 unspecified atom stereocenters. The topological polar surface area (TPSA) is 24.5 Å². The summed E-state index contributed by atoms with van der Waals surface area (Å²) in [6.07, 6.45) is 2.27. The summed E-state index contributed by atoms with van der Waals surface area (Å²) in [4.78, 5) is 2.47. The van der Waals surface area contributed by atoms with E-state index >= 15 is 0 Å². The lowest BCUT2D eigenvalue weighted by atomic mass is 10.0. The van der Waals surface area contributed by atoms with Gasteiger partial charge in [0.1, 0.15) is 0 Å². The summed E-state index contributed by atoms with van der Waals surface area (Å²) in [6, 6.07) is 9.43. The van der Waals surface area contributed by atoms with Crippen LogP contribution in [0, 0.1) is 0 Å². The standard InChI is InChI=1S/C17H28N2O/c1-3-19(4-2)14-16-8-6-5-7-15(16)13-18-17-9-11-20-12-10-17/h5-8,17-18H,3-4,9-14H2,1-2H3. The Hall–Kier alpha value is -0.900. The molecule has 1 N–H and O–H groups in total. The van der Waals surface area contributed by atoms with Crippen molar-refractivity contribution in [3.8, 4) is 0 Å². The Morgan fingerprint density at radius 2 is 1.75 bits per heavy atom. The molecule has 1 fully saturated rings. The zero-order chi connectivity index (χ0) is 14.2. The molecular formula is C17H28N2O. The molecule has 0 radical (unpaired) electrons. The third kappa shape index (κ3) is 4.58. The van der Waals surface area contributed by atoms with Crippen LogP contribution in [0.25, 0.3) is 0 Å². The Morgan fingerprint density at radius 1 is 1.10 bits per heavy atom. The van der Waals surface area contributed by atoms with Gasteiger partial charge in [-0.2, -0.15) is 0 Å². The molecule has 1 heterocycles. The Balaban J connectivity index is 1.92. The van der Waals surface area contributed by atoms with E-state index in [1.165, 1.54) is 11.1 Å². The van der Waals surface area contributed by atoms with Crippen molar-refractivity contribution < 1.29 is 4.74 Å². The molecule has 1 aliphatic rings. The SMILES string of the molecule is CCN(CC)Cc1ccccc1CNC1CCOCC1. The average Bonchev–Trinajstić information content (AvgIpc) is 2.52. The van der Waals surface area contributed by atoms with Crippen molar-refractivity contribution in [2.24, 2.45) is 0 Å². The van der Waals surface area contributed by atoms with Gasteiger partial charge in [-0.1, -0.05) is 38.1 Å². The van der Waals surface area contributed by atoms with Crippen LogP contribution >= 0.6 is 0 Å². The third-order valence-corrected chi connectivity index (χ3v) is 4.21. The minimum absolute atomic E-state index is 0.616. The molecule has 0 bridgehead atoms. The number of nitrogens with zero attached hydrogens (tertiary/aromatic N) is 1. The lowest BCUT2D eigenvalue weighted by Crippen LogP contribution is -2.34. The van der Waals surface area contributed by atoms with E-state index < -0.39 is 0 Å². The second kappa shape index (κ2) is 8.40. The molecular weight excluding hydrogens is 248 g/mol. The molecule has 0 aromatic heterocycles. The minimum Gasteiger partial charge on any atom is -0.381 e. The van der Waals surface area contributed by atoms with E-state index in [1.807, 2.05) is 0 Å². The summed E-state index contributed by atoms with van der Waals surface area (Å²) >= 11 is 0. The first-order chi connectivity index (χ1) is 9.83. The van der Waals surface area contributed by atoms with E-state index in [0.717, 1.165) is 52.2 Å². The lowest BCUT2D eigenvalue weighted by molar-refractivity contribution is 0.0776. The van der Waals surface area contributed by atoms with Crippen molar-refractivity contribution in [3.63, 3.8) is 0 Å². The van der Waals surface area contributed by atoms with Gasteiger partial charge in [0, 0.05) is 32.3 Å². The number of hydrogen-bond acceptors (Lipinski definition) is 3. The van der Waals surface area contributed by atoms with E-state index in [-0.39, 0.29) is 0 Å². The average molecular weight is 276 g/mol. The number of hydrogen-bond donors (Lipinski definition) is 1. The van der Waals surface area contributed by atoms with Gasteiger partial charge in [0.15, 0.2) is 0 Å². The fraction of sp³-hybridized carbons (Fsp3) is 0.647. The molecule has 2 rings (SSSR count). The van der Waals surface area contributed by atoms with E-state index in [4.69, 9.17) is 4.74 Å². The summed E-state index contributed by atoms with van der Waals surface area (Å²) in [5.74, 6) is 0. The Morgan fingerprint density at radius 3 is 2.40 bits per heavy atom. The van der Waals surface area contributed by atoms with Crippen molar-refractivity contribution in [1.82, 2.24) is 10.2 Å². The predicted molar refractivity (Wildman–Crippen MR) is 83.7 cm³/mol. The molecule has 0 spiro atoms. The van der Waals surface area contributed by atoms with Crippen LogP contribution < -0.4 is 5.32 Å². The Bertz CT molecular complexity index is 384. The molecule has 1 aromatic rings. The maximum Gasteiger partial charge on any atom is 0.0480 e. The fourth-order valence-corrected chi connectivity index (χ4v) is 2.73.